The summed E-state index contributed by atoms with van der Waals surface area (Å²) in [6.45, 7) is 0.475. The van der Waals surface area contributed by atoms with Crippen LogP contribution >= 0.6 is 0 Å². The van der Waals surface area contributed by atoms with Gasteiger partial charge in [-0.1, -0.05) is 6.07 Å². The zero-order valence-corrected chi connectivity index (χ0v) is 10.9. The summed E-state index contributed by atoms with van der Waals surface area (Å²) in [4.78, 5) is 16.3. The topological polar surface area (TPSA) is 62.2 Å². The Hall–Kier alpha value is -2.01. The molecule has 0 saturated heterocycles. The van der Waals surface area contributed by atoms with Crippen molar-refractivity contribution in [1.29, 1.82) is 0 Å². The predicted molar refractivity (Wildman–Crippen MR) is 72.8 cm³/mol. The zero-order valence-electron chi connectivity index (χ0n) is 10.9. The number of nitrogens with zero attached hydrogens (tertiary/aromatic N) is 1. The van der Waals surface area contributed by atoms with Gasteiger partial charge in [-0.15, -0.1) is 0 Å². The van der Waals surface area contributed by atoms with E-state index in [0.717, 1.165) is 12.8 Å². The smallest absolute Gasteiger partial charge is 0.253 e. The number of pyridine rings is 1. The van der Waals surface area contributed by atoms with Crippen molar-refractivity contribution in [3.05, 3.63) is 41.8 Å². The number of aliphatic hydroxyl groups excluding tert-OH is 1. The van der Waals surface area contributed by atoms with Crippen molar-refractivity contribution in [3.8, 4) is 0 Å². The highest BCUT2D eigenvalue weighted by atomic mass is 19.1. The molecule has 0 spiro atoms. The number of aliphatic hydroxyl groups is 1. The van der Waals surface area contributed by atoms with Crippen LogP contribution in [0, 0.1) is 11.2 Å². The minimum absolute atomic E-state index is 0.0649. The molecule has 0 bridgehead atoms. The van der Waals surface area contributed by atoms with Gasteiger partial charge in [0.05, 0.1) is 17.7 Å². The fourth-order valence-corrected chi connectivity index (χ4v) is 2.26. The second-order valence-corrected chi connectivity index (χ2v) is 5.37. The maximum Gasteiger partial charge on any atom is 0.253 e. The molecule has 0 aliphatic heterocycles. The Kier molecular flexibility index (Phi) is 3.14. The molecule has 1 amide bonds. The highest BCUT2D eigenvalue weighted by Crippen LogP contribution is 2.44. The fraction of sp³-hybridized carbons (Fsp3) is 0.333. The molecule has 1 saturated carbocycles. The molecule has 0 radical (unpaired) electrons. The Morgan fingerprint density at radius 2 is 2.25 bits per heavy atom. The number of nitrogens with one attached hydrogen (secondary N) is 1. The lowest BCUT2D eigenvalue weighted by Crippen LogP contribution is -2.32. The molecule has 5 heteroatoms. The molecule has 1 aromatic heterocycles. The summed E-state index contributed by atoms with van der Waals surface area (Å²) >= 11 is 0. The minimum atomic E-state index is -0.459. The Bertz CT molecular complexity index is 668. The van der Waals surface area contributed by atoms with Crippen LogP contribution in [0.25, 0.3) is 10.9 Å². The molecule has 1 fully saturated rings. The summed E-state index contributed by atoms with van der Waals surface area (Å²) in [5.74, 6) is -0.813. The number of carbonyl (C=O) groups excluding carboxylic acids is 1. The number of benzene rings is 1. The summed E-state index contributed by atoms with van der Waals surface area (Å²) in [5, 5.41) is 12.6. The monoisotopic (exact) mass is 274 g/mol. The molecular weight excluding hydrogens is 259 g/mol. The molecule has 20 heavy (non-hydrogen) atoms. The standard InChI is InChI=1S/C15H15FN2O2/c16-11-6-10-2-1-5-17-13(10)12(7-11)14(20)18-8-15(9-19)3-4-15/h1-2,5-7,19H,3-4,8-9H2,(H,18,20). The van der Waals surface area contributed by atoms with Gasteiger partial charge in [-0.25, -0.2) is 4.39 Å². The second-order valence-electron chi connectivity index (χ2n) is 5.37. The van der Waals surface area contributed by atoms with Gasteiger partial charge in [0.1, 0.15) is 5.82 Å². The molecule has 2 aromatic rings. The summed E-state index contributed by atoms with van der Waals surface area (Å²) in [5.41, 5.74) is 0.543. The summed E-state index contributed by atoms with van der Waals surface area (Å²) in [6, 6.07) is 5.98. The summed E-state index contributed by atoms with van der Waals surface area (Å²) in [7, 11) is 0. The van der Waals surface area contributed by atoms with Crippen LogP contribution in [0.1, 0.15) is 23.2 Å². The number of hydrogen-bond acceptors (Lipinski definition) is 3. The van der Waals surface area contributed by atoms with E-state index < -0.39 is 5.82 Å². The third kappa shape index (κ3) is 2.36. The first-order valence-corrected chi connectivity index (χ1v) is 6.57. The average Bonchev–Trinajstić information content (AvgIpc) is 3.24. The van der Waals surface area contributed by atoms with E-state index in [1.807, 2.05) is 0 Å². The Labute approximate surface area is 115 Å². The summed E-state index contributed by atoms with van der Waals surface area (Å²) < 4.78 is 13.6. The van der Waals surface area contributed by atoms with Crippen molar-refractivity contribution in [2.75, 3.05) is 13.2 Å². The van der Waals surface area contributed by atoms with Crippen LogP contribution in [-0.2, 0) is 0 Å². The first-order valence-electron chi connectivity index (χ1n) is 6.57. The predicted octanol–water partition coefficient (Wildman–Crippen LogP) is 1.88. The van der Waals surface area contributed by atoms with Crippen LogP contribution in [0.5, 0.6) is 0 Å². The number of halogens is 1. The van der Waals surface area contributed by atoms with E-state index in [-0.39, 0.29) is 23.5 Å². The zero-order chi connectivity index (χ0) is 14.2. The quantitative estimate of drug-likeness (QED) is 0.894. The van der Waals surface area contributed by atoms with Crippen LogP contribution in [-0.4, -0.2) is 29.1 Å². The molecule has 3 rings (SSSR count). The normalized spacial score (nSPS) is 16.1. The highest BCUT2D eigenvalue weighted by molar-refractivity contribution is 6.05. The van der Waals surface area contributed by atoms with E-state index in [1.54, 1.807) is 18.3 Å². The SMILES string of the molecule is O=C(NCC1(CO)CC1)c1cc(F)cc2cccnc12. The van der Waals surface area contributed by atoms with E-state index in [4.69, 9.17) is 0 Å². The molecule has 1 heterocycles. The van der Waals surface area contributed by atoms with Crippen molar-refractivity contribution in [2.24, 2.45) is 5.41 Å². The number of amides is 1. The number of hydrogen-bond donors (Lipinski definition) is 2. The van der Waals surface area contributed by atoms with Crippen LogP contribution in [0.15, 0.2) is 30.5 Å². The third-order valence-corrected chi connectivity index (χ3v) is 3.83. The van der Waals surface area contributed by atoms with Crippen LogP contribution in [0.3, 0.4) is 0 Å². The van der Waals surface area contributed by atoms with Crippen LogP contribution in [0.2, 0.25) is 0 Å². The van der Waals surface area contributed by atoms with Crippen LogP contribution in [0.4, 0.5) is 4.39 Å². The van der Waals surface area contributed by atoms with Gasteiger partial charge in [0.15, 0.2) is 0 Å². The largest absolute Gasteiger partial charge is 0.396 e. The van der Waals surface area contributed by atoms with Gasteiger partial charge in [-0.3, -0.25) is 9.78 Å². The lowest BCUT2D eigenvalue weighted by molar-refractivity contribution is 0.0936. The van der Waals surface area contributed by atoms with E-state index in [2.05, 4.69) is 10.3 Å². The Balaban J connectivity index is 1.87. The number of fused-ring (bicyclic) bond motifs is 1. The maximum absolute atomic E-state index is 13.6. The fourth-order valence-electron chi connectivity index (χ4n) is 2.26. The number of rotatable bonds is 4. The third-order valence-electron chi connectivity index (χ3n) is 3.83. The van der Waals surface area contributed by atoms with E-state index in [0.29, 0.717) is 17.4 Å². The molecule has 1 aliphatic carbocycles. The average molecular weight is 274 g/mol. The van der Waals surface area contributed by atoms with Gasteiger partial charge >= 0.3 is 0 Å². The van der Waals surface area contributed by atoms with Crippen LogP contribution < -0.4 is 5.32 Å². The molecule has 2 N–H and O–H groups in total. The molecule has 1 aromatic carbocycles. The van der Waals surface area contributed by atoms with Gasteiger partial charge in [0, 0.05) is 23.5 Å². The molecular formula is C15H15FN2O2. The lowest BCUT2D eigenvalue weighted by Gasteiger charge is -2.13. The number of aromatic nitrogens is 1. The first-order chi connectivity index (χ1) is 9.63. The van der Waals surface area contributed by atoms with Crippen molar-refractivity contribution in [3.63, 3.8) is 0 Å². The maximum atomic E-state index is 13.6. The van der Waals surface area contributed by atoms with Crippen molar-refractivity contribution in [2.45, 2.75) is 12.8 Å². The Morgan fingerprint density at radius 1 is 1.45 bits per heavy atom. The van der Waals surface area contributed by atoms with Gasteiger partial charge in [-0.2, -0.15) is 0 Å². The molecule has 0 unspecified atom stereocenters. The van der Waals surface area contributed by atoms with Crippen molar-refractivity contribution in [1.82, 2.24) is 10.3 Å². The van der Waals surface area contributed by atoms with Gasteiger partial charge in [0.25, 0.3) is 5.91 Å². The lowest BCUT2D eigenvalue weighted by atomic mass is 10.1. The Morgan fingerprint density at radius 3 is 2.95 bits per heavy atom. The van der Waals surface area contributed by atoms with Crippen molar-refractivity contribution >= 4 is 16.8 Å². The van der Waals surface area contributed by atoms with E-state index >= 15 is 0 Å². The molecule has 1 aliphatic rings. The molecule has 4 nitrogen and oxygen atoms in total. The minimum Gasteiger partial charge on any atom is -0.396 e. The molecule has 0 atom stereocenters. The van der Waals surface area contributed by atoms with Gasteiger partial charge in [-0.05, 0) is 31.0 Å². The first kappa shape index (κ1) is 13.0. The van der Waals surface area contributed by atoms with Gasteiger partial charge in [0.2, 0.25) is 0 Å². The van der Waals surface area contributed by atoms with E-state index in [9.17, 15) is 14.3 Å². The van der Waals surface area contributed by atoms with Gasteiger partial charge < -0.3 is 10.4 Å². The second kappa shape index (κ2) is 4.83. The van der Waals surface area contributed by atoms with Crippen molar-refractivity contribution < 1.29 is 14.3 Å². The summed E-state index contributed by atoms with van der Waals surface area (Å²) in [6.07, 6.45) is 3.39. The highest BCUT2D eigenvalue weighted by Gasteiger charge is 2.42. The number of carbonyl (C=O) groups is 1. The molecule has 104 valence electrons. The van der Waals surface area contributed by atoms with E-state index in [1.165, 1.54) is 12.1 Å².